The predicted octanol–water partition coefficient (Wildman–Crippen LogP) is 2.17. The number of rotatable bonds is 3. The minimum absolute atomic E-state index is 0.798. The standard InChI is InChI=1S/C15H21N5.C2H5N/c1-4-5-13-12(2)16-14-6-7-15(17-20(13)14)19-10-8-18(3)9-11-19;1-2-3/h4,6-7H,1,5,8-11H2,2-3H3;2-3H,1H3. The van der Waals surface area contributed by atoms with E-state index in [0.29, 0.717) is 0 Å². The molecule has 23 heavy (non-hydrogen) atoms. The summed E-state index contributed by atoms with van der Waals surface area (Å²) in [6.07, 6.45) is 3.95. The number of nitrogens with zero attached hydrogens (tertiary/aromatic N) is 5. The Labute approximate surface area is 137 Å². The third kappa shape index (κ3) is 3.96. The average molecular weight is 314 g/mol. The van der Waals surface area contributed by atoms with Crippen LogP contribution in [0.4, 0.5) is 5.82 Å². The molecule has 0 atom stereocenters. The molecular weight excluding hydrogens is 288 g/mol. The van der Waals surface area contributed by atoms with E-state index in [1.165, 1.54) is 6.21 Å². The number of piperazine rings is 1. The highest BCUT2D eigenvalue weighted by molar-refractivity contribution is 5.49. The summed E-state index contributed by atoms with van der Waals surface area (Å²) >= 11 is 0. The average Bonchev–Trinajstić information content (AvgIpc) is 2.85. The van der Waals surface area contributed by atoms with Crippen molar-refractivity contribution >= 4 is 17.7 Å². The minimum atomic E-state index is 0.798. The van der Waals surface area contributed by atoms with Crippen LogP contribution in [-0.2, 0) is 6.42 Å². The van der Waals surface area contributed by atoms with Gasteiger partial charge in [-0.25, -0.2) is 9.50 Å². The molecule has 3 heterocycles. The maximum Gasteiger partial charge on any atom is 0.154 e. The van der Waals surface area contributed by atoms with Crippen molar-refractivity contribution in [3.05, 3.63) is 36.2 Å². The van der Waals surface area contributed by atoms with Gasteiger partial charge in [-0.05, 0) is 39.2 Å². The fourth-order valence-electron chi connectivity index (χ4n) is 2.65. The molecule has 0 radical (unpaired) electrons. The Kier molecular flexibility index (Phi) is 5.87. The molecule has 1 fully saturated rings. The molecule has 0 unspecified atom stereocenters. The van der Waals surface area contributed by atoms with Crippen molar-refractivity contribution in [2.75, 3.05) is 38.1 Å². The quantitative estimate of drug-likeness (QED) is 0.697. The summed E-state index contributed by atoms with van der Waals surface area (Å²) in [6.45, 7) is 11.7. The first kappa shape index (κ1) is 17.1. The topological polar surface area (TPSA) is 60.5 Å². The van der Waals surface area contributed by atoms with Crippen LogP contribution in [0.1, 0.15) is 18.3 Å². The Morgan fingerprint density at radius 3 is 2.52 bits per heavy atom. The Morgan fingerprint density at radius 2 is 1.91 bits per heavy atom. The molecule has 0 aliphatic carbocycles. The lowest BCUT2D eigenvalue weighted by Gasteiger charge is -2.33. The molecule has 1 aliphatic heterocycles. The first-order valence-electron chi connectivity index (χ1n) is 7.95. The van der Waals surface area contributed by atoms with Crippen molar-refractivity contribution in [2.24, 2.45) is 0 Å². The minimum Gasteiger partial charge on any atom is -0.353 e. The predicted molar refractivity (Wildman–Crippen MR) is 95.8 cm³/mol. The summed E-state index contributed by atoms with van der Waals surface area (Å²) in [5, 5.41) is 10.9. The SMILES string of the molecule is C=CCc1c(C)nc2ccc(N3CCN(C)CC3)nn12.CC=N. The molecule has 2 aromatic heterocycles. The van der Waals surface area contributed by atoms with Gasteiger partial charge in [0.25, 0.3) is 0 Å². The largest absolute Gasteiger partial charge is 0.353 e. The van der Waals surface area contributed by atoms with Crippen molar-refractivity contribution in [3.63, 3.8) is 0 Å². The fraction of sp³-hybridized carbons (Fsp3) is 0.471. The number of allylic oxidation sites excluding steroid dienone is 1. The van der Waals surface area contributed by atoms with Crippen LogP contribution in [0.15, 0.2) is 24.8 Å². The van der Waals surface area contributed by atoms with Gasteiger partial charge in [-0.2, -0.15) is 0 Å². The summed E-state index contributed by atoms with van der Waals surface area (Å²) in [6, 6.07) is 4.13. The summed E-state index contributed by atoms with van der Waals surface area (Å²) in [4.78, 5) is 9.24. The van der Waals surface area contributed by atoms with E-state index in [0.717, 1.165) is 55.5 Å². The monoisotopic (exact) mass is 314 g/mol. The van der Waals surface area contributed by atoms with Gasteiger partial charge in [0.1, 0.15) is 5.82 Å². The van der Waals surface area contributed by atoms with E-state index < -0.39 is 0 Å². The number of aromatic nitrogens is 3. The molecule has 1 saturated heterocycles. The fourth-order valence-corrected chi connectivity index (χ4v) is 2.65. The molecule has 6 nitrogen and oxygen atoms in total. The number of aryl methyl sites for hydroxylation is 1. The zero-order valence-electron chi connectivity index (χ0n) is 14.3. The molecule has 0 saturated carbocycles. The maximum atomic E-state index is 6.08. The van der Waals surface area contributed by atoms with Crippen LogP contribution in [0, 0.1) is 12.3 Å². The number of fused-ring (bicyclic) bond motifs is 1. The molecule has 0 bridgehead atoms. The molecule has 3 rings (SSSR count). The van der Waals surface area contributed by atoms with Gasteiger partial charge in [0.2, 0.25) is 0 Å². The van der Waals surface area contributed by atoms with E-state index in [4.69, 9.17) is 10.5 Å². The van der Waals surface area contributed by atoms with Crippen LogP contribution >= 0.6 is 0 Å². The van der Waals surface area contributed by atoms with Crippen molar-refractivity contribution < 1.29 is 0 Å². The first-order valence-corrected chi connectivity index (χ1v) is 7.95. The molecule has 2 aromatic rings. The van der Waals surface area contributed by atoms with Crippen LogP contribution in [0.25, 0.3) is 5.65 Å². The van der Waals surface area contributed by atoms with E-state index in [1.54, 1.807) is 6.92 Å². The number of hydrogen-bond donors (Lipinski definition) is 1. The third-order valence-electron chi connectivity index (χ3n) is 3.92. The molecular formula is C17H26N6. The maximum absolute atomic E-state index is 6.08. The van der Waals surface area contributed by atoms with Gasteiger partial charge < -0.3 is 15.2 Å². The molecule has 1 aliphatic rings. The van der Waals surface area contributed by atoms with Crippen molar-refractivity contribution in [1.82, 2.24) is 19.5 Å². The molecule has 0 aromatic carbocycles. The van der Waals surface area contributed by atoms with Crippen LogP contribution < -0.4 is 4.90 Å². The van der Waals surface area contributed by atoms with Crippen LogP contribution in [0.2, 0.25) is 0 Å². The van der Waals surface area contributed by atoms with Gasteiger partial charge >= 0.3 is 0 Å². The number of imidazole rings is 1. The van der Waals surface area contributed by atoms with E-state index >= 15 is 0 Å². The molecule has 6 heteroatoms. The lowest BCUT2D eigenvalue weighted by molar-refractivity contribution is 0.311. The van der Waals surface area contributed by atoms with E-state index in [2.05, 4.69) is 40.5 Å². The van der Waals surface area contributed by atoms with Crippen molar-refractivity contribution in [2.45, 2.75) is 20.3 Å². The van der Waals surface area contributed by atoms with Gasteiger partial charge in [-0.15, -0.1) is 11.7 Å². The van der Waals surface area contributed by atoms with Crippen LogP contribution in [0.3, 0.4) is 0 Å². The van der Waals surface area contributed by atoms with E-state index in [9.17, 15) is 0 Å². The zero-order chi connectivity index (χ0) is 16.8. The molecule has 0 amide bonds. The van der Waals surface area contributed by atoms with E-state index in [-0.39, 0.29) is 0 Å². The van der Waals surface area contributed by atoms with Crippen molar-refractivity contribution in [1.29, 1.82) is 5.41 Å². The summed E-state index contributed by atoms with van der Waals surface area (Å²) in [5.41, 5.74) is 3.08. The van der Waals surface area contributed by atoms with Crippen LogP contribution in [-0.4, -0.2) is 58.9 Å². The lowest BCUT2D eigenvalue weighted by atomic mass is 10.2. The lowest BCUT2D eigenvalue weighted by Crippen LogP contribution is -2.44. The van der Waals surface area contributed by atoms with Gasteiger partial charge in [0.05, 0.1) is 11.4 Å². The highest BCUT2D eigenvalue weighted by Crippen LogP contribution is 2.17. The Bertz CT molecular complexity index is 667. The van der Waals surface area contributed by atoms with Crippen LogP contribution in [0.5, 0.6) is 0 Å². The number of hydrogen-bond acceptors (Lipinski definition) is 5. The Morgan fingerprint density at radius 1 is 1.26 bits per heavy atom. The summed E-state index contributed by atoms with van der Waals surface area (Å²) in [7, 11) is 2.16. The molecule has 1 N–H and O–H groups in total. The number of nitrogens with one attached hydrogen (secondary N) is 1. The second-order valence-corrected chi connectivity index (χ2v) is 5.68. The number of anilines is 1. The van der Waals surface area contributed by atoms with Crippen molar-refractivity contribution in [3.8, 4) is 0 Å². The Hall–Kier alpha value is -2.21. The highest BCUT2D eigenvalue weighted by Gasteiger charge is 2.17. The molecule has 0 spiro atoms. The first-order chi connectivity index (χ1) is 11.1. The number of likely N-dealkylation sites (N-methyl/N-ethyl adjacent to an activating group) is 1. The van der Waals surface area contributed by atoms with Gasteiger partial charge in [-0.1, -0.05) is 6.08 Å². The third-order valence-corrected chi connectivity index (χ3v) is 3.92. The normalized spacial score (nSPS) is 15.2. The molecule has 124 valence electrons. The second kappa shape index (κ2) is 7.87. The van der Waals surface area contributed by atoms with E-state index in [1.807, 2.05) is 17.5 Å². The second-order valence-electron chi connectivity index (χ2n) is 5.68. The highest BCUT2D eigenvalue weighted by atomic mass is 15.4. The zero-order valence-corrected chi connectivity index (χ0v) is 14.3. The summed E-state index contributed by atoms with van der Waals surface area (Å²) in [5.74, 6) is 1.04. The van der Waals surface area contributed by atoms with Gasteiger partial charge in [-0.3, -0.25) is 0 Å². The van der Waals surface area contributed by atoms with Gasteiger partial charge in [0.15, 0.2) is 5.65 Å². The smallest absolute Gasteiger partial charge is 0.154 e. The summed E-state index contributed by atoms with van der Waals surface area (Å²) < 4.78 is 1.96. The Balaban J connectivity index is 0.000000595. The van der Waals surface area contributed by atoms with Gasteiger partial charge in [0, 0.05) is 32.6 Å².